The van der Waals surface area contributed by atoms with Gasteiger partial charge in [0.25, 0.3) is 11.7 Å². The van der Waals surface area contributed by atoms with Gasteiger partial charge in [-0.15, -0.1) is 11.3 Å². The van der Waals surface area contributed by atoms with Gasteiger partial charge in [-0.2, -0.15) is 0 Å². The Labute approximate surface area is 180 Å². The first kappa shape index (κ1) is 22.1. The number of likely N-dealkylation sites (tertiary alicyclic amines) is 1. The summed E-state index contributed by atoms with van der Waals surface area (Å²) in [4.78, 5) is 27.8. The predicted molar refractivity (Wildman–Crippen MR) is 117 cm³/mol. The van der Waals surface area contributed by atoms with Gasteiger partial charge >= 0.3 is 0 Å². The molecule has 1 amide bonds. The van der Waals surface area contributed by atoms with E-state index < -0.39 is 17.7 Å². The zero-order chi connectivity index (χ0) is 21.7. The third kappa shape index (κ3) is 4.42. The van der Waals surface area contributed by atoms with Gasteiger partial charge < -0.3 is 19.5 Å². The fraction of sp³-hybridized carbons (Fsp3) is 0.391. The smallest absolute Gasteiger partial charge is 0.295 e. The highest BCUT2D eigenvalue weighted by molar-refractivity contribution is 7.10. The number of methoxy groups -OCH3 is 1. The Hall–Kier alpha value is -2.64. The second-order valence-electron chi connectivity index (χ2n) is 7.18. The Morgan fingerprint density at radius 3 is 2.67 bits per heavy atom. The lowest BCUT2D eigenvalue weighted by molar-refractivity contribution is -0.140. The highest BCUT2D eigenvalue weighted by atomic mass is 32.1. The van der Waals surface area contributed by atoms with Crippen molar-refractivity contribution in [2.24, 2.45) is 0 Å². The van der Waals surface area contributed by atoms with E-state index in [1.807, 2.05) is 24.4 Å². The quantitative estimate of drug-likeness (QED) is 0.278. The maximum absolute atomic E-state index is 12.9. The first-order valence-electron chi connectivity index (χ1n) is 10.0. The zero-order valence-electron chi connectivity index (χ0n) is 17.5. The van der Waals surface area contributed by atoms with Crippen LogP contribution in [-0.4, -0.2) is 48.6 Å². The molecule has 6 nitrogen and oxygen atoms in total. The molecule has 0 radical (unpaired) electrons. The standard InChI is InChI=1S/C23H27NO5S/c1-4-5-11-29-17-9-8-16(14-15(17)2)21(25)19-20(18-7-6-13-30-18)24(10-12-28-3)23(27)22(19)26/h6-9,13-14,20,25H,4-5,10-12H2,1-3H3/b21-19+/t20-/m1/s1. The van der Waals surface area contributed by atoms with Crippen LogP contribution in [0.1, 0.15) is 41.8 Å². The van der Waals surface area contributed by atoms with Crippen LogP contribution in [0, 0.1) is 6.92 Å². The van der Waals surface area contributed by atoms with Crippen LogP contribution in [0.3, 0.4) is 0 Å². The minimum atomic E-state index is -0.678. The molecule has 0 aliphatic carbocycles. The van der Waals surface area contributed by atoms with E-state index >= 15 is 0 Å². The van der Waals surface area contributed by atoms with Crippen LogP contribution < -0.4 is 4.74 Å². The largest absolute Gasteiger partial charge is 0.507 e. The number of aryl methyl sites for hydroxylation is 1. The molecule has 1 saturated heterocycles. The van der Waals surface area contributed by atoms with E-state index in [4.69, 9.17) is 9.47 Å². The van der Waals surface area contributed by atoms with Crippen molar-refractivity contribution in [2.45, 2.75) is 32.7 Å². The van der Waals surface area contributed by atoms with Gasteiger partial charge in [0.1, 0.15) is 11.5 Å². The maximum Gasteiger partial charge on any atom is 0.295 e. The highest BCUT2D eigenvalue weighted by Gasteiger charge is 2.46. The SMILES string of the molecule is CCCCOc1ccc(/C(O)=C2\C(=O)C(=O)N(CCOC)[C@@H]2c2cccs2)cc1C. The van der Waals surface area contributed by atoms with Gasteiger partial charge in [0.15, 0.2) is 0 Å². The van der Waals surface area contributed by atoms with Crippen molar-refractivity contribution < 1.29 is 24.2 Å². The Bertz CT molecular complexity index is 935. The molecule has 1 N–H and O–H groups in total. The van der Waals surface area contributed by atoms with Gasteiger partial charge in [0.05, 0.1) is 24.8 Å². The number of carbonyl (C=O) groups excluding carboxylic acids is 2. The predicted octanol–water partition coefficient (Wildman–Crippen LogP) is 4.30. The minimum absolute atomic E-state index is 0.109. The van der Waals surface area contributed by atoms with Crippen LogP contribution in [0.4, 0.5) is 0 Å². The van der Waals surface area contributed by atoms with Crippen LogP contribution in [0.15, 0.2) is 41.3 Å². The lowest BCUT2D eigenvalue weighted by atomic mass is 9.99. The topological polar surface area (TPSA) is 76.1 Å². The summed E-state index contributed by atoms with van der Waals surface area (Å²) in [5.41, 5.74) is 1.45. The molecule has 0 saturated carbocycles. The van der Waals surface area contributed by atoms with Gasteiger partial charge in [-0.1, -0.05) is 19.4 Å². The molecule has 1 aromatic carbocycles. The lowest BCUT2D eigenvalue weighted by Gasteiger charge is -2.23. The summed E-state index contributed by atoms with van der Waals surface area (Å²) in [6, 6.07) is 8.40. The molecule has 3 rings (SSSR count). The van der Waals surface area contributed by atoms with Crippen molar-refractivity contribution in [1.29, 1.82) is 0 Å². The number of hydrogen-bond acceptors (Lipinski definition) is 6. The molecule has 1 fully saturated rings. The Kier molecular flexibility index (Phi) is 7.29. The van der Waals surface area contributed by atoms with Crippen LogP contribution in [0.2, 0.25) is 0 Å². The number of carbonyl (C=O) groups is 2. The second kappa shape index (κ2) is 9.91. The van der Waals surface area contributed by atoms with E-state index in [0.29, 0.717) is 18.8 Å². The van der Waals surface area contributed by atoms with Crippen molar-refractivity contribution >= 4 is 28.8 Å². The summed E-state index contributed by atoms with van der Waals surface area (Å²) in [6.45, 7) is 5.20. The molecule has 1 aliphatic heterocycles. The number of ether oxygens (including phenoxy) is 2. The Morgan fingerprint density at radius 1 is 1.23 bits per heavy atom. The second-order valence-corrected chi connectivity index (χ2v) is 8.16. The monoisotopic (exact) mass is 429 g/mol. The number of ketones is 1. The molecule has 2 aromatic rings. The first-order valence-corrected chi connectivity index (χ1v) is 10.9. The van der Waals surface area contributed by atoms with Crippen LogP contribution >= 0.6 is 11.3 Å². The minimum Gasteiger partial charge on any atom is -0.507 e. The van der Waals surface area contributed by atoms with Crippen LogP contribution in [-0.2, 0) is 14.3 Å². The van der Waals surface area contributed by atoms with Crippen molar-refractivity contribution in [3.05, 3.63) is 57.3 Å². The molecule has 160 valence electrons. The third-order valence-electron chi connectivity index (χ3n) is 5.09. The fourth-order valence-electron chi connectivity index (χ4n) is 3.48. The van der Waals surface area contributed by atoms with E-state index in [-0.39, 0.29) is 17.9 Å². The number of unbranched alkanes of at least 4 members (excludes halogenated alkanes) is 1. The number of Topliss-reactive ketones (excluding diaryl/α,β-unsaturated/α-hetero) is 1. The van der Waals surface area contributed by atoms with Gasteiger partial charge in [0, 0.05) is 24.1 Å². The molecule has 0 unspecified atom stereocenters. The number of aliphatic hydroxyl groups excluding tert-OH is 1. The molecule has 7 heteroatoms. The third-order valence-corrected chi connectivity index (χ3v) is 6.02. The summed E-state index contributed by atoms with van der Waals surface area (Å²) < 4.78 is 10.9. The van der Waals surface area contributed by atoms with Crippen molar-refractivity contribution in [1.82, 2.24) is 4.90 Å². The van der Waals surface area contributed by atoms with E-state index in [1.165, 1.54) is 16.2 Å². The summed E-state index contributed by atoms with van der Waals surface area (Å²) in [6.07, 6.45) is 2.01. The number of rotatable bonds is 9. The number of hydrogen-bond donors (Lipinski definition) is 1. The van der Waals surface area contributed by atoms with E-state index in [2.05, 4.69) is 6.92 Å². The lowest BCUT2D eigenvalue weighted by Crippen LogP contribution is -2.32. The Balaban J connectivity index is 2.00. The molecule has 1 atom stereocenters. The van der Waals surface area contributed by atoms with Crippen molar-refractivity contribution in [3.63, 3.8) is 0 Å². The fourth-order valence-corrected chi connectivity index (χ4v) is 4.33. The number of benzene rings is 1. The zero-order valence-corrected chi connectivity index (χ0v) is 18.3. The molecule has 1 aliphatic rings. The van der Waals surface area contributed by atoms with Crippen LogP contribution in [0.25, 0.3) is 5.76 Å². The van der Waals surface area contributed by atoms with Crippen molar-refractivity contribution in [2.75, 3.05) is 26.9 Å². The summed E-state index contributed by atoms with van der Waals surface area (Å²) in [5.74, 6) is -0.726. The summed E-state index contributed by atoms with van der Waals surface area (Å²) >= 11 is 1.44. The van der Waals surface area contributed by atoms with Gasteiger partial charge in [0.2, 0.25) is 0 Å². The van der Waals surface area contributed by atoms with E-state index in [9.17, 15) is 14.7 Å². The molecular weight excluding hydrogens is 402 g/mol. The van der Waals surface area contributed by atoms with Gasteiger partial charge in [-0.3, -0.25) is 9.59 Å². The molecule has 2 heterocycles. The first-order chi connectivity index (χ1) is 14.5. The Morgan fingerprint density at radius 2 is 2.03 bits per heavy atom. The van der Waals surface area contributed by atoms with E-state index in [1.54, 1.807) is 25.3 Å². The highest BCUT2D eigenvalue weighted by Crippen LogP contribution is 2.41. The molecule has 30 heavy (non-hydrogen) atoms. The number of thiophene rings is 1. The summed E-state index contributed by atoms with van der Waals surface area (Å²) in [5, 5.41) is 13.0. The van der Waals surface area contributed by atoms with Crippen molar-refractivity contribution in [3.8, 4) is 5.75 Å². The summed E-state index contributed by atoms with van der Waals surface area (Å²) in [7, 11) is 1.55. The van der Waals surface area contributed by atoms with Gasteiger partial charge in [-0.05, 0) is 48.6 Å². The van der Waals surface area contributed by atoms with Gasteiger partial charge in [-0.25, -0.2) is 0 Å². The normalized spacial score (nSPS) is 18.2. The number of amides is 1. The molecular formula is C23H27NO5S. The average Bonchev–Trinajstić information content (AvgIpc) is 3.35. The van der Waals surface area contributed by atoms with E-state index in [0.717, 1.165) is 29.0 Å². The molecule has 0 bridgehead atoms. The number of nitrogens with zero attached hydrogens (tertiary/aromatic N) is 1. The average molecular weight is 430 g/mol. The van der Waals surface area contributed by atoms with Crippen LogP contribution in [0.5, 0.6) is 5.75 Å². The molecule has 1 aromatic heterocycles. The molecule has 0 spiro atoms. The number of aliphatic hydroxyl groups is 1. The maximum atomic E-state index is 12.9.